The molecule has 2 saturated heterocycles. The molecule has 0 bridgehead atoms. The van der Waals surface area contributed by atoms with Gasteiger partial charge < -0.3 is 15.2 Å². The van der Waals surface area contributed by atoms with Gasteiger partial charge in [-0.1, -0.05) is 0 Å². The molecule has 3 rings (SSSR count). The van der Waals surface area contributed by atoms with Crippen molar-refractivity contribution >= 4 is 21.9 Å². The van der Waals surface area contributed by atoms with E-state index in [1.165, 1.54) is 22.8 Å². The number of carboxylic acids is 1. The monoisotopic (exact) mass is 454 g/mol. The molecular weight excluding hydrogens is 433 g/mol. The zero-order valence-electron chi connectivity index (χ0n) is 16.1. The summed E-state index contributed by atoms with van der Waals surface area (Å²) in [6, 6.07) is 2.79. The zero-order valence-corrected chi connectivity index (χ0v) is 16.9. The van der Waals surface area contributed by atoms with Gasteiger partial charge in [-0.3, -0.25) is 14.7 Å². The number of likely N-dealkylation sites (N-methyl/N-ethyl adjacent to an activating group) is 2. The highest BCUT2D eigenvalue weighted by Gasteiger charge is 2.53. The number of carboxylic acid groups (broad SMARTS) is 1. The van der Waals surface area contributed by atoms with Crippen molar-refractivity contribution in [3.8, 4) is 0 Å². The maximum absolute atomic E-state index is 12.5. The molecule has 10 nitrogen and oxygen atoms in total. The second kappa shape index (κ2) is 8.83. The average molecular weight is 454 g/mol. The third-order valence-electron chi connectivity index (χ3n) is 4.61. The fraction of sp³-hybridized carbons (Fsp3) is 0.562. The molecule has 2 aliphatic heterocycles. The molecule has 0 aromatic carbocycles. The van der Waals surface area contributed by atoms with Crippen LogP contribution in [0.3, 0.4) is 0 Å². The van der Waals surface area contributed by atoms with E-state index in [1.807, 2.05) is 11.9 Å². The van der Waals surface area contributed by atoms with Gasteiger partial charge in [-0.25, -0.2) is 13.2 Å². The van der Waals surface area contributed by atoms with Crippen LogP contribution < -0.4 is 5.32 Å². The summed E-state index contributed by atoms with van der Waals surface area (Å²) in [5.74, 6) is -2.85. The number of carbonyl (C=O) groups excluding carboxylic acids is 1. The van der Waals surface area contributed by atoms with E-state index in [-0.39, 0.29) is 36.5 Å². The van der Waals surface area contributed by atoms with Gasteiger partial charge in [0.2, 0.25) is 15.9 Å². The fourth-order valence-corrected chi connectivity index (χ4v) is 4.60. The molecule has 2 fully saturated rings. The molecule has 168 valence electrons. The van der Waals surface area contributed by atoms with Crippen molar-refractivity contribution in [1.29, 1.82) is 0 Å². The number of hydrogen-bond donors (Lipinski definition) is 2. The number of rotatable bonds is 3. The van der Waals surface area contributed by atoms with E-state index in [2.05, 4.69) is 10.3 Å². The van der Waals surface area contributed by atoms with Gasteiger partial charge in [0.15, 0.2) is 0 Å². The normalized spacial score (nSPS) is 21.8. The Morgan fingerprint density at radius 2 is 1.93 bits per heavy atom. The summed E-state index contributed by atoms with van der Waals surface area (Å²) in [6.45, 7) is 1.35. The van der Waals surface area contributed by atoms with E-state index in [0.29, 0.717) is 6.54 Å². The third kappa shape index (κ3) is 5.24. The second-order valence-electron chi connectivity index (χ2n) is 6.80. The second-order valence-corrected chi connectivity index (χ2v) is 8.74. The van der Waals surface area contributed by atoms with E-state index < -0.39 is 27.8 Å². The summed E-state index contributed by atoms with van der Waals surface area (Å²) in [6.07, 6.45) is -2.20. The molecule has 1 aromatic rings. The van der Waals surface area contributed by atoms with E-state index in [1.54, 1.807) is 13.1 Å². The molecule has 1 aromatic heterocycles. The molecule has 1 amide bonds. The highest BCUT2D eigenvalue weighted by Crippen LogP contribution is 2.34. The first-order valence-corrected chi connectivity index (χ1v) is 10.0. The zero-order chi connectivity index (χ0) is 22.7. The topological polar surface area (TPSA) is 129 Å². The number of hydrogen-bond acceptors (Lipinski definition) is 7. The van der Waals surface area contributed by atoms with Crippen LogP contribution in [0.25, 0.3) is 0 Å². The largest absolute Gasteiger partial charge is 0.490 e. The van der Waals surface area contributed by atoms with Gasteiger partial charge >= 0.3 is 12.1 Å². The van der Waals surface area contributed by atoms with Crippen LogP contribution in [0.4, 0.5) is 13.2 Å². The Morgan fingerprint density at radius 3 is 2.37 bits per heavy atom. The maximum Gasteiger partial charge on any atom is 0.490 e. The van der Waals surface area contributed by atoms with Crippen LogP contribution >= 0.6 is 0 Å². The summed E-state index contributed by atoms with van der Waals surface area (Å²) in [5.41, 5.74) is -0.533. The Labute approximate surface area is 170 Å². The molecular formula is C16H21F3N4O6S. The van der Waals surface area contributed by atoms with Crippen LogP contribution in [0, 0.1) is 0 Å². The van der Waals surface area contributed by atoms with Crippen molar-refractivity contribution in [2.75, 3.05) is 40.3 Å². The van der Waals surface area contributed by atoms with Gasteiger partial charge in [0, 0.05) is 39.1 Å². The average Bonchev–Trinajstić information content (AvgIpc) is 2.65. The number of carbonyl (C=O) groups is 2. The number of alkyl halides is 3. The predicted octanol–water partition coefficient (Wildman–Crippen LogP) is -0.465. The van der Waals surface area contributed by atoms with Gasteiger partial charge in [-0.05, 0) is 19.2 Å². The van der Waals surface area contributed by atoms with Gasteiger partial charge in [0.25, 0.3) is 0 Å². The summed E-state index contributed by atoms with van der Waals surface area (Å²) in [7, 11) is -0.0975. The van der Waals surface area contributed by atoms with E-state index in [4.69, 9.17) is 14.6 Å². The summed E-state index contributed by atoms with van der Waals surface area (Å²) in [4.78, 5) is 26.6. The lowest BCUT2D eigenvalue weighted by Gasteiger charge is -2.53. The molecule has 2 aliphatic rings. The number of pyridine rings is 1. The lowest BCUT2D eigenvalue weighted by atomic mass is 9.93. The number of amides is 1. The highest BCUT2D eigenvalue weighted by atomic mass is 32.2. The van der Waals surface area contributed by atoms with Crippen molar-refractivity contribution in [1.82, 2.24) is 19.5 Å². The Kier molecular flexibility index (Phi) is 7.06. The number of ether oxygens (including phenoxy) is 1. The molecule has 0 saturated carbocycles. The number of nitrogens with zero attached hydrogens (tertiary/aromatic N) is 3. The van der Waals surface area contributed by atoms with Crippen LogP contribution in [-0.2, 0) is 24.3 Å². The number of halogens is 3. The molecule has 30 heavy (non-hydrogen) atoms. The molecule has 3 heterocycles. The third-order valence-corrected chi connectivity index (χ3v) is 6.38. The lowest BCUT2D eigenvalue weighted by molar-refractivity contribution is -0.192. The van der Waals surface area contributed by atoms with Crippen molar-refractivity contribution in [2.24, 2.45) is 0 Å². The number of sulfonamides is 1. The first-order chi connectivity index (χ1) is 13.8. The van der Waals surface area contributed by atoms with Gasteiger partial charge in [0.05, 0.1) is 6.61 Å². The molecule has 1 spiro atoms. The van der Waals surface area contributed by atoms with Crippen molar-refractivity contribution in [3.63, 3.8) is 0 Å². The molecule has 0 aliphatic carbocycles. The van der Waals surface area contributed by atoms with Crippen molar-refractivity contribution in [2.45, 2.75) is 22.7 Å². The lowest BCUT2D eigenvalue weighted by Crippen LogP contribution is -2.72. The Balaban J connectivity index is 0.000000396. The minimum absolute atomic E-state index is 0.0958. The van der Waals surface area contributed by atoms with E-state index in [0.717, 1.165) is 0 Å². The fourth-order valence-electron chi connectivity index (χ4n) is 3.04. The first kappa shape index (κ1) is 24.0. The predicted molar refractivity (Wildman–Crippen MR) is 95.9 cm³/mol. The van der Waals surface area contributed by atoms with Gasteiger partial charge in [-0.2, -0.15) is 17.5 Å². The SMILES string of the molecule is CNC(=O)C1COC2(CN1C)CN(S(=O)(=O)c1cccnc1)C2.O=C(O)C(F)(F)F. The molecule has 1 unspecified atom stereocenters. The molecule has 2 N–H and O–H groups in total. The summed E-state index contributed by atoms with van der Waals surface area (Å²) >= 11 is 0. The summed E-state index contributed by atoms with van der Waals surface area (Å²) in [5, 5.41) is 9.73. The minimum Gasteiger partial charge on any atom is -0.475 e. The quantitative estimate of drug-likeness (QED) is 0.628. The van der Waals surface area contributed by atoms with Crippen LogP contribution in [0.1, 0.15) is 0 Å². The number of nitrogens with one attached hydrogen (secondary N) is 1. The van der Waals surface area contributed by atoms with Crippen molar-refractivity contribution < 1.29 is 41.0 Å². The van der Waals surface area contributed by atoms with Gasteiger partial charge in [-0.15, -0.1) is 0 Å². The number of aromatic nitrogens is 1. The van der Waals surface area contributed by atoms with E-state index in [9.17, 15) is 26.4 Å². The van der Waals surface area contributed by atoms with Crippen LogP contribution in [0.5, 0.6) is 0 Å². The first-order valence-electron chi connectivity index (χ1n) is 8.58. The number of aliphatic carboxylic acids is 1. The Bertz CT molecular complexity index is 875. The summed E-state index contributed by atoms with van der Waals surface area (Å²) < 4.78 is 64.0. The molecule has 0 radical (unpaired) electrons. The van der Waals surface area contributed by atoms with Crippen molar-refractivity contribution in [3.05, 3.63) is 24.5 Å². The molecule has 14 heteroatoms. The van der Waals surface area contributed by atoms with Gasteiger partial charge in [0.1, 0.15) is 16.5 Å². The smallest absolute Gasteiger partial charge is 0.475 e. The van der Waals surface area contributed by atoms with E-state index >= 15 is 0 Å². The number of morpholine rings is 1. The standard InChI is InChI=1S/C14H20N4O4S.C2HF3O2/c1-15-13(19)12-7-22-14(8-17(12)2)9-18(10-14)23(20,21)11-4-3-5-16-6-11;3-2(4,5)1(6)7/h3-6,12H,7-10H2,1-2H3,(H,15,19);(H,6,7). The Hall–Kier alpha value is -2.29. The highest BCUT2D eigenvalue weighted by molar-refractivity contribution is 7.89. The Morgan fingerprint density at radius 1 is 1.33 bits per heavy atom. The van der Waals surface area contributed by atoms with Crippen LogP contribution in [-0.4, -0.2) is 97.7 Å². The molecule has 1 atom stereocenters. The maximum atomic E-state index is 12.5. The minimum atomic E-state index is -5.08. The van der Waals surface area contributed by atoms with Crippen LogP contribution in [0.15, 0.2) is 29.4 Å². The van der Waals surface area contributed by atoms with Crippen LogP contribution in [0.2, 0.25) is 0 Å².